The van der Waals surface area contributed by atoms with E-state index in [1.54, 1.807) is 13.8 Å². The lowest BCUT2D eigenvalue weighted by molar-refractivity contribution is -0.386. The Balaban J connectivity index is 2.19. The van der Waals surface area contributed by atoms with Gasteiger partial charge in [-0.3, -0.25) is 19.6 Å². The highest BCUT2D eigenvalue weighted by molar-refractivity contribution is 5.89. The maximum atomic E-state index is 11.7. The van der Waals surface area contributed by atoms with Crippen molar-refractivity contribution in [2.45, 2.75) is 40.3 Å². The molecule has 118 valence electrons. The molecule has 2 heterocycles. The number of aryl methyl sites for hydroxylation is 1. The van der Waals surface area contributed by atoms with Crippen LogP contribution in [0.5, 0.6) is 0 Å². The van der Waals surface area contributed by atoms with Crippen LogP contribution in [0.15, 0.2) is 4.52 Å². The molecule has 0 radical (unpaired) electrons. The van der Waals surface area contributed by atoms with Gasteiger partial charge in [-0.25, -0.2) is 0 Å². The number of carbonyl (C=O) groups excluding carboxylic acids is 1. The van der Waals surface area contributed by atoms with Crippen molar-refractivity contribution in [1.29, 1.82) is 0 Å². The lowest BCUT2D eigenvalue weighted by Crippen LogP contribution is -2.30. The molecular weight excluding hydrogens is 292 g/mol. The van der Waals surface area contributed by atoms with Crippen LogP contribution in [0.2, 0.25) is 0 Å². The molecule has 0 aliphatic rings. The minimum Gasteiger partial charge on any atom is -0.346 e. The van der Waals surface area contributed by atoms with Gasteiger partial charge in [-0.2, -0.15) is 10.1 Å². The fourth-order valence-electron chi connectivity index (χ4n) is 1.97. The molecule has 0 fully saturated rings. The van der Waals surface area contributed by atoms with E-state index >= 15 is 0 Å². The molecule has 0 bridgehead atoms. The predicted molar refractivity (Wildman–Crippen MR) is 74.4 cm³/mol. The lowest BCUT2D eigenvalue weighted by Gasteiger charge is -2.03. The molecular formula is C12H16N6O4. The number of hydrogen-bond acceptors (Lipinski definition) is 7. The summed E-state index contributed by atoms with van der Waals surface area (Å²) in [4.78, 5) is 26.2. The standard InChI is InChI=1S/C12H16N6O4/c1-6(2)13-11(19)12-14-9(16-22-12)5-17-8(4)10(18(20)21)7(3)15-17/h6H,5H2,1-4H3,(H,13,19). The number of rotatable bonds is 5. The number of nitrogens with zero attached hydrogens (tertiary/aromatic N) is 5. The molecule has 10 nitrogen and oxygen atoms in total. The average molecular weight is 308 g/mol. The monoisotopic (exact) mass is 308 g/mol. The van der Waals surface area contributed by atoms with E-state index in [9.17, 15) is 14.9 Å². The van der Waals surface area contributed by atoms with Crippen LogP contribution < -0.4 is 5.32 Å². The Morgan fingerprint density at radius 2 is 2.14 bits per heavy atom. The summed E-state index contributed by atoms with van der Waals surface area (Å²) in [6.07, 6.45) is 0. The molecule has 0 aliphatic carbocycles. The summed E-state index contributed by atoms with van der Waals surface area (Å²) < 4.78 is 6.28. The Kier molecular flexibility index (Phi) is 4.20. The molecule has 0 spiro atoms. The number of hydrogen-bond donors (Lipinski definition) is 1. The van der Waals surface area contributed by atoms with E-state index in [0.717, 1.165) is 0 Å². The highest BCUT2D eigenvalue weighted by atomic mass is 16.6. The zero-order valence-electron chi connectivity index (χ0n) is 12.7. The molecule has 0 aliphatic heterocycles. The summed E-state index contributed by atoms with van der Waals surface area (Å²) >= 11 is 0. The summed E-state index contributed by atoms with van der Waals surface area (Å²) in [6.45, 7) is 6.84. The van der Waals surface area contributed by atoms with Gasteiger partial charge in [0.1, 0.15) is 17.9 Å². The fourth-order valence-corrected chi connectivity index (χ4v) is 1.97. The van der Waals surface area contributed by atoms with Gasteiger partial charge in [-0.05, 0) is 27.7 Å². The second kappa shape index (κ2) is 5.92. The van der Waals surface area contributed by atoms with Crippen LogP contribution in [0.1, 0.15) is 41.7 Å². The summed E-state index contributed by atoms with van der Waals surface area (Å²) in [6, 6.07) is -0.0542. The zero-order valence-corrected chi connectivity index (χ0v) is 12.7. The van der Waals surface area contributed by atoms with E-state index in [1.165, 1.54) is 4.68 Å². The minimum atomic E-state index is -0.480. The van der Waals surface area contributed by atoms with Crippen molar-refractivity contribution in [3.05, 3.63) is 33.2 Å². The van der Waals surface area contributed by atoms with Gasteiger partial charge < -0.3 is 9.84 Å². The van der Waals surface area contributed by atoms with E-state index in [-0.39, 0.29) is 30.0 Å². The average Bonchev–Trinajstić information content (AvgIpc) is 2.95. The van der Waals surface area contributed by atoms with Gasteiger partial charge in [0.25, 0.3) is 0 Å². The molecule has 0 unspecified atom stereocenters. The third-order valence-corrected chi connectivity index (χ3v) is 2.90. The second-order valence-corrected chi connectivity index (χ2v) is 5.08. The van der Waals surface area contributed by atoms with Gasteiger partial charge in [0, 0.05) is 6.04 Å². The first kappa shape index (κ1) is 15.6. The molecule has 0 saturated heterocycles. The second-order valence-electron chi connectivity index (χ2n) is 5.08. The highest BCUT2D eigenvalue weighted by Crippen LogP contribution is 2.22. The van der Waals surface area contributed by atoms with Gasteiger partial charge in [0.2, 0.25) is 0 Å². The van der Waals surface area contributed by atoms with Crippen molar-refractivity contribution in [3.63, 3.8) is 0 Å². The van der Waals surface area contributed by atoms with Crippen LogP contribution >= 0.6 is 0 Å². The van der Waals surface area contributed by atoms with Gasteiger partial charge in [-0.1, -0.05) is 5.16 Å². The number of nitro groups is 1. The van der Waals surface area contributed by atoms with E-state index in [4.69, 9.17) is 4.52 Å². The molecule has 0 aromatic carbocycles. The summed E-state index contributed by atoms with van der Waals surface area (Å²) in [5.74, 6) is -0.401. The van der Waals surface area contributed by atoms with Crippen molar-refractivity contribution in [2.75, 3.05) is 0 Å². The number of aromatic nitrogens is 4. The largest absolute Gasteiger partial charge is 0.346 e. The first-order chi connectivity index (χ1) is 10.3. The molecule has 2 aromatic rings. The van der Waals surface area contributed by atoms with Crippen LogP contribution in [0, 0.1) is 24.0 Å². The molecule has 2 rings (SSSR count). The number of carbonyl (C=O) groups is 1. The fraction of sp³-hybridized carbons (Fsp3) is 0.500. The predicted octanol–water partition coefficient (Wildman–Crippen LogP) is 0.978. The minimum absolute atomic E-state index is 0.0405. The lowest BCUT2D eigenvalue weighted by atomic mass is 10.3. The van der Waals surface area contributed by atoms with Crippen LogP contribution in [-0.2, 0) is 6.54 Å². The molecule has 1 amide bonds. The SMILES string of the molecule is Cc1nn(Cc2noc(C(=O)NC(C)C)n2)c(C)c1[N+](=O)[O-]. The van der Waals surface area contributed by atoms with Crippen LogP contribution in [-0.4, -0.2) is 36.8 Å². The zero-order chi connectivity index (χ0) is 16.4. The Bertz CT molecular complexity index is 717. The first-order valence-electron chi connectivity index (χ1n) is 6.61. The van der Waals surface area contributed by atoms with Crippen molar-refractivity contribution in [3.8, 4) is 0 Å². The number of nitrogens with one attached hydrogen (secondary N) is 1. The van der Waals surface area contributed by atoms with Gasteiger partial charge >= 0.3 is 17.5 Å². The van der Waals surface area contributed by atoms with E-state index in [1.807, 2.05) is 13.8 Å². The van der Waals surface area contributed by atoms with Gasteiger partial charge in [0.15, 0.2) is 5.82 Å². The maximum absolute atomic E-state index is 11.7. The number of amides is 1. The van der Waals surface area contributed by atoms with Crippen molar-refractivity contribution >= 4 is 11.6 Å². The quantitative estimate of drug-likeness (QED) is 0.643. The van der Waals surface area contributed by atoms with E-state index in [0.29, 0.717) is 11.4 Å². The van der Waals surface area contributed by atoms with Crippen LogP contribution in [0.3, 0.4) is 0 Å². The van der Waals surface area contributed by atoms with Crippen LogP contribution in [0.4, 0.5) is 5.69 Å². The normalized spacial score (nSPS) is 11.0. The maximum Gasteiger partial charge on any atom is 0.316 e. The molecule has 10 heteroatoms. The van der Waals surface area contributed by atoms with Crippen LogP contribution in [0.25, 0.3) is 0 Å². The Labute approximate surface area is 125 Å². The van der Waals surface area contributed by atoms with Gasteiger partial charge in [-0.15, -0.1) is 0 Å². The summed E-state index contributed by atoms with van der Waals surface area (Å²) in [5, 5.41) is 21.4. The van der Waals surface area contributed by atoms with Crippen molar-refractivity contribution in [1.82, 2.24) is 25.2 Å². The Morgan fingerprint density at radius 3 is 2.68 bits per heavy atom. The third kappa shape index (κ3) is 3.10. The summed E-state index contributed by atoms with van der Waals surface area (Å²) in [7, 11) is 0. The highest BCUT2D eigenvalue weighted by Gasteiger charge is 2.23. The molecule has 0 saturated carbocycles. The third-order valence-electron chi connectivity index (χ3n) is 2.90. The first-order valence-corrected chi connectivity index (χ1v) is 6.61. The molecule has 1 N–H and O–H groups in total. The van der Waals surface area contributed by atoms with E-state index in [2.05, 4.69) is 20.6 Å². The Hall–Kier alpha value is -2.78. The Morgan fingerprint density at radius 1 is 1.45 bits per heavy atom. The molecule has 0 atom stereocenters. The molecule has 22 heavy (non-hydrogen) atoms. The summed E-state index contributed by atoms with van der Waals surface area (Å²) in [5.41, 5.74) is 0.658. The van der Waals surface area contributed by atoms with Crippen molar-refractivity contribution < 1.29 is 14.2 Å². The van der Waals surface area contributed by atoms with Gasteiger partial charge in [0.05, 0.1) is 4.92 Å². The molecule has 2 aromatic heterocycles. The van der Waals surface area contributed by atoms with E-state index < -0.39 is 10.8 Å². The van der Waals surface area contributed by atoms with Crippen molar-refractivity contribution in [2.24, 2.45) is 0 Å². The topological polar surface area (TPSA) is 129 Å². The smallest absolute Gasteiger partial charge is 0.316 e.